The molecule has 0 saturated carbocycles. The summed E-state index contributed by atoms with van der Waals surface area (Å²) in [6.45, 7) is 0. The van der Waals surface area contributed by atoms with Crippen molar-refractivity contribution in [2.24, 2.45) is 14.1 Å². The van der Waals surface area contributed by atoms with Crippen LogP contribution in [0.25, 0.3) is 12.2 Å². The summed E-state index contributed by atoms with van der Waals surface area (Å²) in [6, 6.07) is 3.81. The number of nitrogens with zero attached hydrogens (tertiary/aromatic N) is 2. The van der Waals surface area contributed by atoms with Gasteiger partial charge in [-0.3, -0.25) is 0 Å². The van der Waals surface area contributed by atoms with Crippen LogP contribution in [-0.4, -0.2) is 4.57 Å². The van der Waals surface area contributed by atoms with Crippen molar-refractivity contribution < 1.29 is 33.0 Å². The van der Waals surface area contributed by atoms with Gasteiger partial charge >= 0.3 is 0 Å². The molecule has 2 heterocycles. The molecule has 0 aliphatic carbocycles. The highest BCUT2D eigenvalue weighted by molar-refractivity contribution is 5.62. The summed E-state index contributed by atoms with van der Waals surface area (Å²) in [5.41, 5.74) is 0. The standard InChI is InChI=1S/C11H13N2O.HI/c1-12-7-8-13(2)11(12)6-5-10-4-3-9-14-10;/h3-9H,1-2H3;1H/q+1;/p-1/b6-5+;. The van der Waals surface area contributed by atoms with Crippen molar-refractivity contribution in [3.63, 3.8) is 0 Å². The Labute approximate surface area is 106 Å². The lowest BCUT2D eigenvalue weighted by molar-refractivity contribution is -0.672. The van der Waals surface area contributed by atoms with Crippen LogP contribution < -0.4 is 28.5 Å². The van der Waals surface area contributed by atoms with E-state index in [-0.39, 0.29) is 24.0 Å². The Morgan fingerprint density at radius 2 is 2.20 bits per heavy atom. The van der Waals surface area contributed by atoms with E-state index in [4.69, 9.17) is 4.42 Å². The van der Waals surface area contributed by atoms with E-state index < -0.39 is 0 Å². The molecule has 0 N–H and O–H groups in total. The highest BCUT2D eigenvalue weighted by Gasteiger charge is 2.06. The third-order valence-corrected chi connectivity index (χ3v) is 2.18. The molecule has 0 spiro atoms. The summed E-state index contributed by atoms with van der Waals surface area (Å²) in [5, 5.41) is 0. The number of rotatable bonds is 2. The minimum absolute atomic E-state index is 0. The van der Waals surface area contributed by atoms with E-state index in [1.807, 2.05) is 50.8 Å². The minimum Gasteiger partial charge on any atom is -1.00 e. The second-order valence-electron chi connectivity index (χ2n) is 3.23. The first-order valence-corrected chi connectivity index (χ1v) is 4.50. The van der Waals surface area contributed by atoms with Crippen LogP contribution in [0, 0.1) is 0 Å². The van der Waals surface area contributed by atoms with Crippen LogP contribution >= 0.6 is 0 Å². The Kier molecular flexibility index (Phi) is 4.14. The van der Waals surface area contributed by atoms with Gasteiger partial charge in [0.2, 0.25) is 0 Å². The highest BCUT2D eigenvalue weighted by Crippen LogP contribution is 2.05. The number of hydrogen-bond donors (Lipinski definition) is 0. The van der Waals surface area contributed by atoms with E-state index in [9.17, 15) is 0 Å². The predicted molar refractivity (Wildman–Crippen MR) is 54.2 cm³/mol. The molecule has 2 aromatic rings. The van der Waals surface area contributed by atoms with E-state index in [1.54, 1.807) is 6.26 Å². The largest absolute Gasteiger partial charge is 1.00 e. The van der Waals surface area contributed by atoms with Crippen LogP contribution in [0.1, 0.15) is 11.6 Å². The smallest absolute Gasteiger partial charge is 0.281 e. The molecule has 0 fully saturated rings. The third kappa shape index (κ3) is 2.71. The lowest BCUT2D eigenvalue weighted by atomic mass is 10.4. The summed E-state index contributed by atoms with van der Waals surface area (Å²) in [6.07, 6.45) is 9.68. The van der Waals surface area contributed by atoms with E-state index in [0.29, 0.717) is 0 Å². The summed E-state index contributed by atoms with van der Waals surface area (Å²) < 4.78 is 9.32. The Balaban J connectivity index is 0.00000112. The quantitative estimate of drug-likeness (QED) is 0.494. The average Bonchev–Trinajstić information content (AvgIpc) is 2.76. The maximum atomic E-state index is 5.21. The van der Waals surface area contributed by atoms with Gasteiger partial charge in [-0.05, 0) is 18.2 Å². The number of halogens is 1. The lowest BCUT2D eigenvalue weighted by Crippen LogP contribution is -3.00. The zero-order chi connectivity index (χ0) is 9.97. The molecule has 3 nitrogen and oxygen atoms in total. The molecule has 80 valence electrons. The SMILES string of the molecule is Cn1cc[n+](C)c1/C=C/c1ccco1.[I-]. The average molecular weight is 316 g/mol. The van der Waals surface area contributed by atoms with Gasteiger partial charge in [0.25, 0.3) is 5.82 Å². The molecule has 0 aromatic carbocycles. The van der Waals surface area contributed by atoms with Gasteiger partial charge < -0.3 is 28.4 Å². The summed E-state index contributed by atoms with van der Waals surface area (Å²) in [5.74, 6) is 1.99. The van der Waals surface area contributed by atoms with Crippen LogP contribution in [0.15, 0.2) is 35.2 Å². The number of furan rings is 1. The summed E-state index contributed by atoms with van der Waals surface area (Å²) >= 11 is 0. The van der Waals surface area contributed by atoms with Crippen molar-refractivity contribution in [2.75, 3.05) is 0 Å². The molecule has 0 aliphatic heterocycles. The predicted octanol–water partition coefficient (Wildman–Crippen LogP) is -1.38. The van der Waals surface area contributed by atoms with Gasteiger partial charge in [-0.2, -0.15) is 0 Å². The summed E-state index contributed by atoms with van der Waals surface area (Å²) in [7, 11) is 4.03. The molecule has 2 aromatic heterocycles. The molecule has 0 radical (unpaired) electrons. The molecule has 15 heavy (non-hydrogen) atoms. The van der Waals surface area contributed by atoms with E-state index in [1.165, 1.54) is 0 Å². The zero-order valence-electron chi connectivity index (χ0n) is 8.72. The van der Waals surface area contributed by atoms with Gasteiger partial charge in [0.05, 0.1) is 20.4 Å². The Hall–Kier alpha value is -1.04. The van der Waals surface area contributed by atoms with Crippen molar-refractivity contribution in [1.29, 1.82) is 0 Å². The van der Waals surface area contributed by atoms with E-state index in [0.717, 1.165) is 11.6 Å². The number of imidazole rings is 1. The maximum absolute atomic E-state index is 5.21. The van der Waals surface area contributed by atoms with Gasteiger partial charge in [0.15, 0.2) is 0 Å². The highest BCUT2D eigenvalue weighted by atomic mass is 127. The van der Waals surface area contributed by atoms with Gasteiger partial charge in [0.1, 0.15) is 18.2 Å². The zero-order valence-corrected chi connectivity index (χ0v) is 10.9. The Morgan fingerprint density at radius 1 is 1.40 bits per heavy atom. The maximum Gasteiger partial charge on any atom is 0.281 e. The minimum atomic E-state index is 0. The molecule has 2 rings (SSSR count). The third-order valence-electron chi connectivity index (χ3n) is 2.18. The fourth-order valence-electron chi connectivity index (χ4n) is 1.38. The second kappa shape index (κ2) is 5.16. The summed E-state index contributed by atoms with van der Waals surface area (Å²) in [4.78, 5) is 0. The fourth-order valence-corrected chi connectivity index (χ4v) is 1.38. The second-order valence-corrected chi connectivity index (χ2v) is 3.23. The van der Waals surface area contributed by atoms with Gasteiger partial charge in [-0.25, -0.2) is 9.13 Å². The normalized spacial score (nSPS) is 10.5. The van der Waals surface area contributed by atoms with Crippen LogP contribution in [0.4, 0.5) is 0 Å². The van der Waals surface area contributed by atoms with Crippen LogP contribution in [-0.2, 0) is 14.1 Å². The lowest BCUT2D eigenvalue weighted by Gasteiger charge is -1.89. The van der Waals surface area contributed by atoms with Crippen molar-refractivity contribution in [3.05, 3.63) is 42.4 Å². The van der Waals surface area contributed by atoms with Crippen LogP contribution in [0.5, 0.6) is 0 Å². The monoisotopic (exact) mass is 316 g/mol. The Bertz CT molecular complexity index is 424. The molecule has 0 bridgehead atoms. The molecule has 0 aliphatic rings. The number of hydrogen-bond acceptors (Lipinski definition) is 1. The first kappa shape index (κ1) is 12.0. The Morgan fingerprint density at radius 3 is 2.73 bits per heavy atom. The van der Waals surface area contributed by atoms with Gasteiger partial charge in [0, 0.05) is 6.08 Å². The van der Waals surface area contributed by atoms with E-state index >= 15 is 0 Å². The molecular formula is C11H13IN2O. The molecular weight excluding hydrogens is 303 g/mol. The van der Waals surface area contributed by atoms with Crippen molar-refractivity contribution in [3.8, 4) is 0 Å². The molecule has 0 amide bonds. The topological polar surface area (TPSA) is 21.9 Å². The fraction of sp³-hybridized carbons (Fsp3) is 0.182. The number of aromatic nitrogens is 2. The van der Waals surface area contributed by atoms with Crippen molar-refractivity contribution >= 4 is 12.2 Å². The van der Waals surface area contributed by atoms with E-state index in [2.05, 4.69) is 9.13 Å². The van der Waals surface area contributed by atoms with Crippen molar-refractivity contribution in [2.45, 2.75) is 0 Å². The first-order valence-electron chi connectivity index (χ1n) is 4.50. The van der Waals surface area contributed by atoms with Gasteiger partial charge in [-0.15, -0.1) is 0 Å². The van der Waals surface area contributed by atoms with Crippen LogP contribution in [0.2, 0.25) is 0 Å². The number of aryl methyl sites for hydroxylation is 2. The molecule has 4 heteroatoms. The van der Waals surface area contributed by atoms with Crippen molar-refractivity contribution in [1.82, 2.24) is 4.57 Å². The van der Waals surface area contributed by atoms with Crippen LogP contribution in [0.3, 0.4) is 0 Å². The molecule has 0 saturated heterocycles. The molecule has 0 unspecified atom stereocenters. The molecule has 0 atom stereocenters. The van der Waals surface area contributed by atoms with Gasteiger partial charge in [-0.1, -0.05) is 0 Å². The first-order chi connectivity index (χ1) is 6.77.